The van der Waals surface area contributed by atoms with Crippen LogP contribution >= 0.6 is 11.6 Å². The van der Waals surface area contributed by atoms with Crippen LogP contribution < -0.4 is 14.8 Å². The number of nitrogens with one attached hydrogen (secondary N) is 1. The number of carbonyl (C=O) groups excluding carboxylic acids is 1. The summed E-state index contributed by atoms with van der Waals surface area (Å²) < 4.78 is 13.3. The second-order valence-corrected chi connectivity index (χ2v) is 8.05. The predicted molar refractivity (Wildman–Crippen MR) is 130 cm³/mol. The number of halogens is 1. The molecule has 1 unspecified atom stereocenters. The highest BCUT2D eigenvalue weighted by atomic mass is 35.5. The smallest absolute Gasteiger partial charge is 0.255 e. The minimum Gasteiger partial charge on any atom is -0.496 e. The van der Waals surface area contributed by atoms with Crippen molar-refractivity contribution in [2.75, 3.05) is 13.7 Å². The van der Waals surface area contributed by atoms with E-state index in [0.717, 1.165) is 23.3 Å². The second-order valence-electron chi connectivity index (χ2n) is 7.64. The van der Waals surface area contributed by atoms with Gasteiger partial charge in [-0.2, -0.15) is 0 Å². The van der Waals surface area contributed by atoms with Crippen LogP contribution in [-0.2, 0) is 6.54 Å². The van der Waals surface area contributed by atoms with Crippen LogP contribution in [0, 0.1) is 0 Å². The summed E-state index contributed by atoms with van der Waals surface area (Å²) in [6, 6.07) is 22.3. The molecule has 0 saturated carbocycles. The number of nitrogens with zero attached hydrogens (tertiary/aromatic N) is 2. The average Bonchev–Trinajstić information content (AvgIpc) is 3.21. The van der Waals surface area contributed by atoms with Crippen molar-refractivity contribution in [2.24, 2.45) is 0 Å². The van der Waals surface area contributed by atoms with E-state index in [9.17, 15) is 4.79 Å². The molecule has 0 aliphatic heterocycles. The molecule has 0 spiro atoms. The molecule has 1 aromatic heterocycles. The third-order valence-electron chi connectivity index (χ3n) is 5.39. The molecule has 33 heavy (non-hydrogen) atoms. The molecule has 0 aliphatic rings. The number of imidazole rings is 1. The fourth-order valence-electron chi connectivity index (χ4n) is 3.80. The number of benzene rings is 3. The van der Waals surface area contributed by atoms with Crippen LogP contribution in [0.2, 0.25) is 5.02 Å². The number of ether oxygens (including phenoxy) is 2. The lowest BCUT2D eigenvalue weighted by Crippen LogP contribution is -2.29. The van der Waals surface area contributed by atoms with E-state index >= 15 is 0 Å². The van der Waals surface area contributed by atoms with Gasteiger partial charge >= 0.3 is 0 Å². The van der Waals surface area contributed by atoms with E-state index in [0.29, 0.717) is 35.2 Å². The van der Waals surface area contributed by atoms with E-state index in [2.05, 4.69) is 9.88 Å². The first-order valence-electron chi connectivity index (χ1n) is 10.8. The second kappa shape index (κ2) is 10.4. The Hall–Kier alpha value is -3.51. The van der Waals surface area contributed by atoms with Gasteiger partial charge in [0.25, 0.3) is 5.91 Å². The van der Waals surface area contributed by atoms with Gasteiger partial charge in [-0.15, -0.1) is 0 Å². The highest BCUT2D eigenvalue weighted by Gasteiger charge is 2.20. The number of carbonyl (C=O) groups is 1. The minimum atomic E-state index is -0.306. The normalized spacial score (nSPS) is 11.8. The molecule has 7 heteroatoms. The fraction of sp³-hybridized carbons (Fsp3) is 0.231. The van der Waals surface area contributed by atoms with Crippen LogP contribution in [0.15, 0.2) is 72.8 Å². The number of methoxy groups -OCH3 is 1. The number of para-hydroxylation sites is 4. The van der Waals surface area contributed by atoms with Gasteiger partial charge in [-0.25, -0.2) is 4.98 Å². The fourth-order valence-corrected chi connectivity index (χ4v) is 3.99. The Balaban J connectivity index is 1.50. The van der Waals surface area contributed by atoms with Crippen molar-refractivity contribution in [3.8, 4) is 11.5 Å². The lowest BCUT2D eigenvalue weighted by molar-refractivity contribution is 0.0934. The molecule has 6 nitrogen and oxygen atoms in total. The van der Waals surface area contributed by atoms with Gasteiger partial charge in [0.05, 0.1) is 41.4 Å². The maximum atomic E-state index is 12.9. The lowest BCUT2D eigenvalue weighted by atomic mass is 10.1. The van der Waals surface area contributed by atoms with Crippen molar-refractivity contribution in [3.63, 3.8) is 0 Å². The number of rotatable bonds is 9. The first-order chi connectivity index (χ1) is 16.1. The number of amides is 1. The Kier molecular flexibility index (Phi) is 7.15. The highest BCUT2D eigenvalue weighted by Crippen LogP contribution is 2.25. The first kappa shape index (κ1) is 22.7. The van der Waals surface area contributed by atoms with E-state index in [4.69, 9.17) is 26.1 Å². The zero-order valence-electron chi connectivity index (χ0n) is 18.6. The summed E-state index contributed by atoms with van der Waals surface area (Å²) in [7, 11) is 1.56. The number of fused-ring (bicyclic) bond motifs is 1. The van der Waals surface area contributed by atoms with Gasteiger partial charge < -0.3 is 19.4 Å². The number of aryl methyl sites for hydroxylation is 1. The third kappa shape index (κ3) is 5.12. The molecule has 1 atom stereocenters. The summed E-state index contributed by atoms with van der Waals surface area (Å²) in [6.07, 6.45) is 0.756. The molecule has 0 radical (unpaired) electrons. The molecule has 0 fully saturated rings. The van der Waals surface area contributed by atoms with Crippen LogP contribution in [0.25, 0.3) is 11.0 Å². The molecular formula is C26H26ClN3O3. The Morgan fingerprint density at radius 3 is 2.52 bits per heavy atom. The summed E-state index contributed by atoms with van der Waals surface area (Å²) in [5, 5.41) is 3.66. The van der Waals surface area contributed by atoms with Gasteiger partial charge in [-0.3, -0.25) is 4.79 Å². The van der Waals surface area contributed by atoms with Gasteiger partial charge in [0.15, 0.2) is 0 Å². The number of hydrogen-bond acceptors (Lipinski definition) is 4. The molecule has 0 bridgehead atoms. The lowest BCUT2D eigenvalue weighted by Gasteiger charge is -2.17. The zero-order valence-corrected chi connectivity index (χ0v) is 19.4. The van der Waals surface area contributed by atoms with E-state index in [1.54, 1.807) is 19.2 Å². The first-order valence-corrected chi connectivity index (χ1v) is 11.2. The molecule has 0 saturated heterocycles. The van der Waals surface area contributed by atoms with Gasteiger partial charge in [0.1, 0.15) is 17.3 Å². The van der Waals surface area contributed by atoms with Gasteiger partial charge in [0.2, 0.25) is 0 Å². The van der Waals surface area contributed by atoms with E-state index in [-0.39, 0.29) is 11.9 Å². The van der Waals surface area contributed by atoms with Crippen molar-refractivity contribution in [1.82, 2.24) is 14.9 Å². The summed E-state index contributed by atoms with van der Waals surface area (Å²) in [5.41, 5.74) is 2.39. The van der Waals surface area contributed by atoms with Gasteiger partial charge in [-0.05, 0) is 49.7 Å². The predicted octanol–water partition coefficient (Wildman–Crippen LogP) is 5.66. The molecule has 1 N–H and O–H groups in total. The summed E-state index contributed by atoms with van der Waals surface area (Å²) in [6.45, 7) is 3.14. The van der Waals surface area contributed by atoms with Crippen LogP contribution in [0.5, 0.6) is 11.5 Å². The number of aromatic nitrogens is 2. The Bertz CT molecular complexity index is 1250. The van der Waals surface area contributed by atoms with E-state index in [1.807, 2.05) is 67.6 Å². The maximum Gasteiger partial charge on any atom is 0.255 e. The maximum absolute atomic E-state index is 12.9. The van der Waals surface area contributed by atoms with Crippen LogP contribution in [0.3, 0.4) is 0 Å². The average molecular weight is 464 g/mol. The molecule has 3 aromatic carbocycles. The molecule has 1 amide bonds. The van der Waals surface area contributed by atoms with Gasteiger partial charge in [0, 0.05) is 6.54 Å². The summed E-state index contributed by atoms with van der Waals surface area (Å²) in [4.78, 5) is 17.7. The van der Waals surface area contributed by atoms with E-state index in [1.165, 1.54) is 0 Å². The molecule has 4 rings (SSSR count). The van der Waals surface area contributed by atoms with Crippen LogP contribution in [0.4, 0.5) is 0 Å². The van der Waals surface area contributed by atoms with Crippen molar-refractivity contribution in [2.45, 2.75) is 25.9 Å². The molecule has 1 heterocycles. The van der Waals surface area contributed by atoms with Crippen molar-refractivity contribution in [1.29, 1.82) is 0 Å². The van der Waals surface area contributed by atoms with Crippen molar-refractivity contribution < 1.29 is 14.3 Å². The largest absolute Gasteiger partial charge is 0.496 e. The summed E-state index contributed by atoms with van der Waals surface area (Å²) >= 11 is 6.18. The molecule has 0 aliphatic carbocycles. The highest BCUT2D eigenvalue weighted by molar-refractivity contribution is 6.32. The molecule has 170 valence electrons. The molecular weight excluding hydrogens is 438 g/mol. The summed E-state index contributed by atoms with van der Waals surface area (Å²) in [5.74, 6) is 1.79. The monoisotopic (exact) mass is 463 g/mol. The third-order valence-corrected chi connectivity index (χ3v) is 5.70. The number of hydrogen-bond donors (Lipinski definition) is 1. The van der Waals surface area contributed by atoms with Crippen molar-refractivity contribution in [3.05, 3.63) is 89.2 Å². The quantitative estimate of drug-likeness (QED) is 0.325. The Morgan fingerprint density at radius 2 is 1.73 bits per heavy atom. The zero-order chi connectivity index (χ0) is 23.2. The van der Waals surface area contributed by atoms with Crippen molar-refractivity contribution >= 4 is 28.5 Å². The van der Waals surface area contributed by atoms with E-state index < -0.39 is 0 Å². The molecule has 4 aromatic rings. The van der Waals surface area contributed by atoms with Gasteiger partial charge in [-0.1, -0.05) is 48.0 Å². The Morgan fingerprint density at radius 1 is 1.03 bits per heavy atom. The SMILES string of the molecule is COc1ccccc1C(=O)NC(C)c1nc2ccccc2n1CCCOc1ccccc1Cl. The van der Waals surface area contributed by atoms with Crippen LogP contribution in [0.1, 0.15) is 35.6 Å². The topological polar surface area (TPSA) is 65.4 Å². The standard InChI is InChI=1S/C26H26ClN3O3/c1-18(28-26(31)19-10-3-7-14-23(19)32-2)25-29-21-12-5-6-13-22(21)30(25)16-9-17-33-24-15-8-4-11-20(24)27/h3-8,10-15,18H,9,16-17H2,1-2H3,(H,28,31). The minimum absolute atomic E-state index is 0.208. The Labute approximate surface area is 198 Å². The van der Waals surface area contributed by atoms with Crippen LogP contribution in [-0.4, -0.2) is 29.2 Å².